The number of likely N-dealkylation sites (tertiary alicyclic amines) is 1. The molecule has 1 heterocycles. The second kappa shape index (κ2) is 8.51. The molecule has 1 aliphatic heterocycles. The van der Waals surface area contributed by atoms with Crippen LogP contribution in [0.5, 0.6) is 5.75 Å². The molecule has 0 aliphatic carbocycles. The minimum absolute atomic E-state index is 0.507. The Morgan fingerprint density at radius 1 is 1.24 bits per heavy atom. The fourth-order valence-corrected chi connectivity index (χ4v) is 4.22. The van der Waals surface area contributed by atoms with Crippen LogP contribution in [0.25, 0.3) is 0 Å². The molecule has 3 nitrogen and oxygen atoms in total. The van der Waals surface area contributed by atoms with Crippen molar-refractivity contribution in [1.29, 1.82) is 0 Å². The normalized spacial score (nSPS) is 17.1. The lowest BCUT2D eigenvalue weighted by Crippen LogP contribution is -2.37. The zero-order chi connectivity index (χ0) is 15.2. The molecule has 0 bridgehead atoms. The van der Waals surface area contributed by atoms with Crippen LogP contribution in [0.2, 0.25) is 0 Å². The highest BCUT2D eigenvalue weighted by Gasteiger charge is 2.14. The largest absolute Gasteiger partial charge is 0.492 e. The fourth-order valence-electron chi connectivity index (χ4n) is 2.71. The molecule has 1 aliphatic rings. The van der Waals surface area contributed by atoms with E-state index in [1.165, 1.54) is 31.5 Å². The summed E-state index contributed by atoms with van der Waals surface area (Å²) in [5.41, 5.74) is 1.26. The molecule has 1 aromatic carbocycles. The minimum atomic E-state index is 0.507. The maximum Gasteiger partial charge on any atom is 0.147 e. The Morgan fingerprint density at radius 2 is 1.86 bits per heavy atom. The van der Waals surface area contributed by atoms with Crippen LogP contribution in [0.4, 0.5) is 0 Å². The Morgan fingerprint density at radius 3 is 2.43 bits per heavy atom. The Hall–Kier alpha value is -0.100. The Bertz CT molecular complexity index is 439. The topological polar surface area (TPSA) is 24.5 Å². The van der Waals surface area contributed by atoms with Gasteiger partial charge in [0.05, 0.1) is 15.6 Å². The summed E-state index contributed by atoms with van der Waals surface area (Å²) in [5.74, 6) is 0.881. The van der Waals surface area contributed by atoms with E-state index in [1.54, 1.807) is 0 Å². The predicted octanol–water partition coefficient (Wildman–Crippen LogP) is 4.18. The monoisotopic (exact) mass is 418 g/mol. The summed E-state index contributed by atoms with van der Waals surface area (Å²) in [6.07, 6.45) is 2.71. The van der Waals surface area contributed by atoms with Crippen molar-refractivity contribution in [2.45, 2.75) is 39.3 Å². The van der Waals surface area contributed by atoms with Crippen molar-refractivity contribution in [3.8, 4) is 5.75 Å². The van der Waals surface area contributed by atoms with Crippen molar-refractivity contribution in [2.75, 3.05) is 26.2 Å². The van der Waals surface area contributed by atoms with Gasteiger partial charge >= 0.3 is 0 Å². The molecule has 1 unspecified atom stereocenters. The molecule has 0 saturated carbocycles. The molecule has 21 heavy (non-hydrogen) atoms. The Labute approximate surface area is 144 Å². The third kappa shape index (κ3) is 5.23. The first kappa shape index (κ1) is 17.3. The van der Waals surface area contributed by atoms with Gasteiger partial charge in [-0.1, -0.05) is 0 Å². The molecule has 2 rings (SSSR count). The maximum atomic E-state index is 5.62. The van der Waals surface area contributed by atoms with Gasteiger partial charge in [0, 0.05) is 19.1 Å². The van der Waals surface area contributed by atoms with Gasteiger partial charge in [-0.3, -0.25) is 0 Å². The van der Waals surface area contributed by atoms with Crippen LogP contribution in [-0.2, 0) is 6.54 Å². The highest BCUT2D eigenvalue weighted by atomic mass is 79.9. The van der Waals surface area contributed by atoms with E-state index >= 15 is 0 Å². The van der Waals surface area contributed by atoms with Crippen molar-refractivity contribution in [1.82, 2.24) is 10.2 Å². The van der Waals surface area contributed by atoms with E-state index in [1.807, 2.05) is 6.92 Å². The molecule has 0 radical (unpaired) electrons. The molecule has 118 valence electrons. The van der Waals surface area contributed by atoms with Gasteiger partial charge in [0.1, 0.15) is 5.75 Å². The molecule has 0 spiro atoms. The summed E-state index contributed by atoms with van der Waals surface area (Å²) < 4.78 is 7.62. The Balaban J connectivity index is 1.87. The Kier molecular flexibility index (Phi) is 6.99. The molecule has 5 heteroatoms. The van der Waals surface area contributed by atoms with E-state index in [9.17, 15) is 0 Å². The zero-order valence-corrected chi connectivity index (χ0v) is 16.0. The minimum Gasteiger partial charge on any atom is -0.492 e. The third-order valence-electron chi connectivity index (χ3n) is 3.73. The standard InChI is InChI=1S/C16H24Br2N2O/c1-3-21-16-14(17)8-13(9-15(16)18)10-19-12(2)11-20-6-4-5-7-20/h8-9,12,19H,3-7,10-11H2,1-2H3. The fraction of sp³-hybridized carbons (Fsp3) is 0.625. The van der Waals surface area contributed by atoms with Crippen molar-refractivity contribution < 1.29 is 4.74 Å². The SMILES string of the molecule is CCOc1c(Br)cc(CNC(C)CN2CCCC2)cc1Br. The van der Waals surface area contributed by atoms with Crippen LogP contribution in [0.3, 0.4) is 0 Å². The van der Waals surface area contributed by atoms with Gasteiger partial charge in [-0.25, -0.2) is 0 Å². The van der Waals surface area contributed by atoms with Crippen LogP contribution in [0, 0.1) is 0 Å². The van der Waals surface area contributed by atoms with Gasteiger partial charge in [0.25, 0.3) is 0 Å². The molecule has 0 aromatic heterocycles. The van der Waals surface area contributed by atoms with Gasteiger partial charge in [0.15, 0.2) is 0 Å². The number of ether oxygens (including phenoxy) is 1. The van der Waals surface area contributed by atoms with E-state index in [0.29, 0.717) is 12.6 Å². The van der Waals surface area contributed by atoms with Gasteiger partial charge in [-0.2, -0.15) is 0 Å². The number of nitrogens with zero attached hydrogens (tertiary/aromatic N) is 1. The van der Waals surface area contributed by atoms with E-state index in [4.69, 9.17) is 4.74 Å². The molecular weight excluding hydrogens is 396 g/mol. The van der Waals surface area contributed by atoms with E-state index in [-0.39, 0.29) is 0 Å². The number of rotatable bonds is 7. The van der Waals surface area contributed by atoms with E-state index < -0.39 is 0 Å². The van der Waals surface area contributed by atoms with Crippen LogP contribution in [0.1, 0.15) is 32.3 Å². The van der Waals surface area contributed by atoms with Gasteiger partial charge < -0.3 is 15.0 Å². The molecule has 1 atom stereocenters. The van der Waals surface area contributed by atoms with Gasteiger partial charge in [-0.05, 0) is 89.3 Å². The number of halogens is 2. The van der Waals surface area contributed by atoms with Crippen LogP contribution < -0.4 is 10.1 Å². The van der Waals surface area contributed by atoms with E-state index in [0.717, 1.165) is 27.8 Å². The molecule has 0 amide bonds. The number of nitrogens with one attached hydrogen (secondary N) is 1. The summed E-state index contributed by atoms with van der Waals surface area (Å²) in [4.78, 5) is 2.54. The highest BCUT2D eigenvalue weighted by molar-refractivity contribution is 9.11. The van der Waals surface area contributed by atoms with Gasteiger partial charge in [0.2, 0.25) is 0 Å². The highest BCUT2D eigenvalue weighted by Crippen LogP contribution is 2.34. The van der Waals surface area contributed by atoms with Crippen molar-refractivity contribution in [3.63, 3.8) is 0 Å². The lowest BCUT2D eigenvalue weighted by molar-refractivity contribution is 0.298. The maximum absolute atomic E-state index is 5.62. The van der Waals surface area contributed by atoms with Gasteiger partial charge in [-0.15, -0.1) is 0 Å². The smallest absolute Gasteiger partial charge is 0.147 e. The van der Waals surface area contributed by atoms with Crippen LogP contribution >= 0.6 is 31.9 Å². The van der Waals surface area contributed by atoms with Crippen molar-refractivity contribution in [3.05, 3.63) is 26.6 Å². The summed E-state index contributed by atoms with van der Waals surface area (Å²) >= 11 is 7.17. The molecule has 1 saturated heterocycles. The molecular formula is C16H24Br2N2O. The number of hydrogen-bond donors (Lipinski definition) is 1. The van der Waals surface area contributed by atoms with Crippen molar-refractivity contribution in [2.24, 2.45) is 0 Å². The first-order valence-electron chi connectivity index (χ1n) is 7.66. The zero-order valence-electron chi connectivity index (χ0n) is 12.8. The summed E-state index contributed by atoms with van der Waals surface area (Å²) in [5, 5.41) is 3.61. The third-order valence-corrected chi connectivity index (χ3v) is 4.91. The van der Waals surface area contributed by atoms with Crippen LogP contribution in [-0.4, -0.2) is 37.2 Å². The summed E-state index contributed by atoms with van der Waals surface area (Å²) in [6.45, 7) is 9.45. The molecule has 1 aromatic rings. The van der Waals surface area contributed by atoms with Crippen molar-refractivity contribution >= 4 is 31.9 Å². The second-order valence-electron chi connectivity index (χ2n) is 5.61. The van der Waals surface area contributed by atoms with E-state index in [2.05, 4.69) is 61.1 Å². The predicted molar refractivity (Wildman–Crippen MR) is 95.0 cm³/mol. The first-order chi connectivity index (χ1) is 10.1. The second-order valence-corrected chi connectivity index (χ2v) is 7.32. The lowest BCUT2D eigenvalue weighted by atomic mass is 10.2. The summed E-state index contributed by atoms with van der Waals surface area (Å²) in [6, 6.07) is 4.77. The molecule has 1 fully saturated rings. The average molecular weight is 420 g/mol. The first-order valence-corrected chi connectivity index (χ1v) is 9.25. The average Bonchev–Trinajstić information content (AvgIpc) is 2.93. The number of benzene rings is 1. The summed E-state index contributed by atoms with van der Waals surface area (Å²) in [7, 11) is 0. The lowest BCUT2D eigenvalue weighted by Gasteiger charge is -2.21. The number of hydrogen-bond acceptors (Lipinski definition) is 3. The molecule has 1 N–H and O–H groups in total. The van der Waals surface area contributed by atoms with Crippen LogP contribution in [0.15, 0.2) is 21.1 Å². The quantitative estimate of drug-likeness (QED) is 0.717.